The van der Waals surface area contributed by atoms with Crippen molar-refractivity contribution in [2.75, 3.05) is 18.4 Å². The third kappa shape index (κ3) is 5.94. The first-order chi connectivity index (χ1) is 14.5. The van der Waals surface area contributed by atoms with E-state index < -0.39 is 9.84 Å². The predicted octanol–water partition coefficient (Wildman–Crippen LogP) is 4.93. The van der Waals surface area contributed by atoms with Gasteiger partial charge in [0.1, 0.15) is 0 Å². The predicted molar refractivity (Wildman–Crippen MR) is 126 cm³/mol. The summed E-state index contributed by atoms with van der Waals surface area (Å²) in [6.45, 7) is 10.2. The smallest absolute Gasteiger partial charge is 0.182 e. The second-order valence-corrected chi connectivity index (χ2v) is 9.62. The fourth-order valence-electron chi connectivity index (χ4n) is 3.87. The highest BCUT2D eigenvalue weighted by atomic mass is 32.2. The maximum atomic E-state index is 12.8. The summed E-state index contributed by atoms with van der Waals surface area (Å²) in [4.78, 5) is 2.65. The number of benzene rings is 2. The van der Waals surface area contributed by atoms with Gasteiger partial charge in [-0.2, -0.15) is 0 Å². The van der Waals surface area contributed by atoms with E-state index in [1.54, 1.807) is 0 Å². The third-order valence-electron chi connectivity index (χ3n) is 5.32. The highest BCUT2D eigenvalue weighted by Gasteiger charge is 2.22. The molecule has 5 heteroatoms. The van der Waals surface area contributed by atoms with Gasteiger partial charge in [0.05, 0.1) is 10.7 Å². The SMILES string of the molecule is C=C/C=C(\C=C)S(=O)(=O)Cc1ccccc1NC1CCCN(Cc2ccccc2)C1. The molecule has 1 atom stereocenters. The zero-order chi connectivity index (χ0) is 21.4. The van der Waals surface area contributed by atoms with Gasteiger partial charge in [-0.05, 0) is 42.7 Å². The van der Waals surface area contributed by atoms with Gasteiger partial charge in [-0.25, -0.2) is 8.42 Å². The Labute approximate surface area is 180 Å². The van der Waals surface area contributed by atoms with Crippen LogP contribution in [0.4, 0.5) is 5.69 Å². The van der Waals surface area contributed by atoms with Gasteiger partial charge in [0, 0.05) is 24.8 Å². The minimum atomic E-state index is -3.48. The zero-order valence-corrected chi connectivity index (χ0v) is 18.2. The minimum Gasteiger partial charge on any atom is -0.381 e. The van der Waals surface area contributed by atoms with Crippen LogP contribution in [0, 0.1) is 0 Å². The van der Waals surface area contributed by atoms with Crippen LogP contribution in [0.5, 0.6) is 0 Å². The average molecular weight is 423 g/mol. The largest absolute Gasteiger partial charge is 0.381 e. The van der Waals surface area contributed by atoms with Crippen LogP contribution in [0.15, 0.2) is 90.9 Å². The van der Waals surface area contributed by atoms with E-state index in [0.29, 0.717) is 0 Å². The van der Waals surface area contributed by atoms with Crippen molar-refractivity contribution >= 4 is 15.5 Å². The van der Waals surface area contributed by atoms with Crippen LogP contribution in [0.2, 0.25) is 0 Å². The van der Waals surface area contributed by atoms with Gasteiger partial charge in [0.25, 0.3) is 0 Å². The molecule has 0 amide bonds. The van der Waals surface area contributed by atoms with E-state index in [1.165, 1.54) is 23.8 Å². The number of rotatable bonds is 9. The molecule has 1 unspecified atom stereocenters. The lowest BCUT2D eigenvalue weighted by molar-refractivity contribution is 0.208. The second-order valence-electron chi connectivity index (χ2n) is 7.63. The van der Waals surface area contributed by atoms with Crippen molar-refractivity contribution in [2.45, 2.75) is 31.2 Å². The molecule has 1 N–H and O–H groups in total. The molecular weight excluding hydrogens is 392 g/mol. The molecule has 1 heterocycles. The number of nitrogens with zero attached hydrogens (tertiary/aromatic N) is 1. The monoisotopic (exact) mass is 422 g/mol. The van der Waals surface area contributed by atoms with Crippen LogP contribution in [0.1, 0.15) is 24.0 Å². The van der Waals surface area contributed by atoms with Gasteiger partial charge in [0.15, 0.2) is 9.84 Å². The van der Waals surface area contributed by atoms with E-state index in [4.69, 9.17) is 0 Å². The number of allylic oxidation sites excluding steroid dienone is 3. The normalized spacial score (nSPS) is 18.0. The molecule has 1 saturated heterocycles. The van der Waals surface area contributed by atoms with Crippen LogP contribution in [0.25, 0.3) is 0 Å². The summed E-state index contributed by atoms with van der Waals surface area (Å²) in [5.74, 6) is -0.0671. The number of anilines is 1. The van der Waals surface area contributed by atoms with Crippen molar-refractivity contribution in [1.82, 2.24) is 4.90 Å². The summed E-state index contributed by atoms with van der Waals surface area (Å²) < 4.78 is 25.6. The molecule has 1 aliphatic heterocycles. The number of hydrogen-bond acceptors (Lipinski definition) is 4. The summed E-state index contributed by atoms with van der Waals surface area (Å²) in [6.07, 6.45) is 6.52. The lowest BCUT2D eigenvalue weighted by Crippen LogP contribution is -2.41. The maximum Gasteiger partial charge on any atom is 0.182 e. The van der Waals surface area contributed by atoms with E-state index >= 15 is 0 Å². The average Bonchev–Trinajstić information content (AvgIpc) is 2.74. The zero-order valence-electron chi connectivity index (χ0n) is 17.3. The Morgan fingerprint density at radius 2 is 1.83 bits per heavy atom. The number of likely N-dealkylation sites (tertiary alicyclic amines) is 1. The third-order valence-corrected chi connectivity index (χ3v) is 7.03. The topological polar surface area (TPSA) is 49.4 Å². The molecule has 0 aromatic heterocycles. The standard InChI is InChI=1S/C25H30N2O2S/c1-3-11-24(4-2)30(28,29)20-22-14-8-9-16-25(22)26-23-15-10-17-27(19-23)18-21-12-6-5-7-13-21/h3-9,11-14,16,23,26H,1-2,10,15,17-20H2/b24-11+. The van der Waals surface area contributed by atoms with Gasteiger partial charge >= 0.3 is 0 Å². The molecule has 0 bridgehead atoms. The van der Waals surface area contributed by atoms with Gasteiger partial charge in [0.2, 0.25) is 0 Å². The van der Waals surface area contributed by atoms with Gasteiger partial charge in [-0.1, -0.05) is 73.8 Å². The first-order valence-electron chi connectivity index (χ1n) is 10.3. The van der Waals surface area contributed by atoms with E-state index in [2.05, 4.69) is 47.6 Å². The Balaban J connectivity index is 1.70. The summed E-state index contributed by atoms with van der Waals surface area (Å²) in [5.41, 5.74) is 2.97. The summed E-state index contributed by atoms with van der Waals surface area (Å²) in [7, 11) is -3.48. The highest BCUT2D eigenvalue weighted by Crippen LogP contribution is 2.25. The summed E-state index contributed by atoms with van der Waals surface area (Å²) in [6, 6.07) is 18.4. The number of piperidine rings is 1. The molecule has 30 heavy (non-hydrogen) atoms. The van der Waals surface area contributed by atoms with E-state index in [9.17, 15) is 8.42 Å². The Morgan fingerprint density at radius 1 is 1.10 bits per heavy atom. The summed E-state index contributed by atoms with van der Waals surface area (Å²) in [5, 5.41) is 3.61. The molecule has 4 nitrogen and oxygen atoms in total. The lowest BCUT2D eigenvalue weighted by Gasteiger charge is -2.34. The van der Waals surface area contributed by atoms with E-state index in [-0.39, 0.29) is 16.7 Å². The van der Waals surface area contributed by atoms with Gasteiger partial charge < -0.3 is 5.32 Å². The van der Waals surface area contributed by atoms with Crippen molar-refractivity contribution in [3.05, 3.63) is 102 Å². The Morgan fingerprint density at radius 3 is 2.57 bits per heavy atom. The Bertz CT molecular complexity index is 997. The van der Waals surface area contributed by atoms with Crippen LogP contribution >= 0.6 is 0 Å². The fourth-order valence-corrected chi connectivity index (χ4v) is 5.25. The highest BCUT2D eigenvalue weighted by molar-refractivity contribution is 7.94. The molecular formula is C25H30N2O2S. The second kappa shape index (κ2) is 10.4. The molecule has 0 radical (unpaired) electrons. The van der Waals surface area contributed by atoms with Crippen molar-refractivity contribution in [2.24, 2.45) is 0 Å². The van der Waals surface area contributed by atoms with Crippen molar-refractivity contribution < 1.29 is 8.42 Å². The molecule has 2 aromatic rings. The minimum absolute atomic E-state index is 0.0671. The molecule has 1 aliphatic rings. The summed E-state index contributed by atoms with van der Waals surface area (Å²) >= 11 is 0. The van der Waals surface area contributed by atoms with Gasteiger partial charge in [-0.3, -0.25) is 4.90 Å². The lowest BCUT2D eigenvalue weighted by atomic mass is 10.0. The number of nitrogens with one attached hydrogen (secondary N) is 1. The van der Waals surface area contributed by atoms with Crippen LogP contribution in [-0.2, 0) is 22.1 Å². The van der Waals surface area contributed by atoms with Crippen LogP contribution < -0.4 is 5.32 Å². The molecule has 0 saturated carbocycles. The van der Waals surface area contributed by atoms with Crippen LogP contribution in [0.3, 0.4) is 0 Å². The molecule has 2 aromatic carbocycles. The molecule has 158 valence electrons. The number of sulfone groups is 1. The maximum absolute atomic E-state index is 12.8. The van der Waals surface area contributed by atoms with E-state index in [0.717, 1.165) is 43.7 Å². The molecule has 1 fully saturated rings. The van der Waals surface area contributed by atoms with Crippen LogP contribution in [-0.4, -0.2) is 32.4 Å². The van der Waals surface area contributed by atoms with E-state index in [1.807, 2.05) is 30.3 Å². The number of hydrogen-bond donors (Lipinski definition) is 1. The fraction of sp³-hybridized carbons (Fsp3) is 0.280. The van der Waals surface area contributed by atoms with Crippen molar-refractivity contribution in [3.8, 4) is 0 Å². The van der Waals surface area contributed by atoms with Gasteiger partial charge in [-0.15, -0.1) is 0 Å². The Hall–Kier alpha value is -2.63. The quantitative estimate of drug-likeness (QED) is 0.582. The van der Waals surface area contributed by atoms with Crippen molar-refractivity contribution in [1.29, 1.82) is 0 Å². The first kappa shape index (κ1) is 22.1. The number of para-hydroxylation sites is 1. The van der Waals surface area contributed by atoms with Crippen molar-refractivity contribution in [3.63, 3.8) is 0 Å². The molecule has 0 spiro atoms. The molecule has 3 rings (SSSR count). The first-order valence-corrected chi connectivity index (χ1v) is 12.0. The molecule has 0 aliphatic carbocycles. The Kier molecular flexibility index (Phi) is 7.66.